The average molecular weight is 278 g/mol. The maximum atomic E-state index is 11.0. The van der Waals surface area contributed by atoms with E-state index in [0.717, 1.165) is 6.08 Å². The fraction of sp³-hybridized carbons (Fsp3) is 0.727. The quantitative estimate of drug-likeness (QED) is 0.361. The zero-order valence-corrected chi connectivity index (χ0v) is 12.2. The summed E-state index contributed by atoms with van der Waals surface area (Å²) in [5.41, 5.74) is 0. The number of rotatable bonds is 10. The average Bonchev–Trinajstić information content (AvgIpc) is 2.42. The predicted octanol–water partition coefficient (Wildman–Crippen LogP) is 0.735. The van der Waals surface area contributed by atoms with Gasteiger partial charge in [0.25, 0.3) is 0 Å². The van der Waals surface area contributed by atoms with Gasteiger partial charge in [-0.1, -0.05) is 6.58 Å². The lowest BCUT2D eigenvalue weighted by molar-refractivity contribution is -0.145. The van der Waals surface area contributed by atoms with Crippen LogP contribution in [0.15, 0.2) is 12.7 Å². The molecular weight excluding hydrogens is 256 g/mol. The Bertz CT molecular complexity index is 246. The first kappa shape index (κ1) is 17.3. The molecule has 0 amide bonds. The van der Waals surface area contributed by atoms with Crippen molar-refractivity contribution in [2.75, 3.05) is 27.9 Å². The SMILES string of the molecule is C=CC(=O)OC(CO)CCC[Si](OC)(OC)OC. The molecule has 0 bridgehead atoms. The van der Waals surface area contributed by atoms with Crippen molar-refractivity contribution in [3.63, 3.8) is 0 Å². The van der Waals surface area contributed by atoms with E-state index in [-0.39, 0.29) is 6.61 Å². The van der Waals surface area contributed by atoms with Crippen molar-refractivity contribution in [1.29, 1.82) is 0 Å². The molecule has 0 fully saturated rings. The van der Waals surface area contributed by atoms with Gasteiger partial charge in [0.05, 0.1) is 6.61 Å². The molecule has 0 aliphatic carbocycles. The maximum Gasteiger partial charge on any atom is 0.500 e. The van der Waals surface area contributed by atoms with E-state index >= 15 is 0 Å². The molecule has 0 saturated carbocycles. The molecule has 0 spiro atoms. The molecule has 106 valence electrons. The van der Waals surface area contributed by atoms with Crippen molar-refractivity contribution >= 4 is 14.8 Å². The summed E-state index contributed by atoms with van der Waals surface area (Å²) in [6, 6.07) is 0.596. The molecule has 0 heterocycles. The zero-order valence-electron chi connectivity index (χ0n) is 11.2. The van der Waals surface area contributed by atoms with Crippen LogP contribution in [0, 0.1) is 0 Å². The molecule has 0 rings (SSSR count). The number of aliphatic hydroxyl groups is 1. The van der Waals surface area contributed by atoms with Gasteiger partial charge in [-0.05, 0) is 12.8 Å². The molecule has 0 radical (unpaired) electrons. The van der Waals surface area contributed by atoms with Gasteiger partial charge in [0, 0.05) is 33.4 Å². The van der Waals surface area contributed by atoms with Crippen LogP contribution in [0.5, 0.6) is 0 Å². The summed E-state index contributed by atoms with van der Waals surface area (Å²) in [7, 11) is 2.04. The second-order valence-electron chi connectivity index (χ2n) is 3.63. The molecule has 0 aliphatic rings. The summed E-state index contributed by atoms with van der Waals surface area (Å²) in [5, 5.41) is 9.08. The number of aliphatic hydroxyl groups excluding tert-OH is 1. The van der Waals surface area contributed by atoms with E-state index in [2.05, 4.69) is 6.58 Å². The van der Waals surface area contributed by atoms with Gasteiger partial charge < -0.3 is 23.1 Å². The van der Waals surface area contributed by atoms with E-state index in [4.69, 9.17) is 23.1 Å². The lowest BCUT2D eigenvalue weighted by Gasteiger charge is -2.24. The summed E-state index contributed by atoms with van der Waals surface area (Å²) < 4.78 is 20.7. The van der Waals surface area contributed by atoms with Crippen LogP contribution in [0.3, 0.4) is 0 Å². The van der Waals surface area contributed by atoms with E-state index in [1.165, 1.54) is 0 Å². The fourth-order valence-electron chi connectivity index (χ4n) is 1.50. The van der Waals surface area contributed by atoms with E-state index in [1.807, 2.05) is 0 Å². The second-order valence-corrected chi connectivity index (χ2v) is 6.72. The number of carbonyl (C=O) groups is 1. The molecule has 0 aliphatic heterocycles. The van der Waals surface area contributed by atoms with Gasteiger partial charge in [0.15, 0.2) is 0 Å². The molecule has 18 heavy (non-hydrogen) atoms. The molecular formula is C11H22O6Si. The minimum Gasteiger partial charge on any atom is -0.457 e. The van der Waals surface area contributed by atoms with Crippen molar-refractivity contribution in [3.05, 3.63) is 12.7 Å². The third-order valence-corrected chi connectivity index (χ3v) is 5.43. The minimum atomic E-state index is -2.59. The van der Waals surface area contributed by atoms with E-state index in [0.29, 0.717) is 18.9 Å². The van der Waals surface area contributed by atoms with Crippen LogP contribution in [0.4, 0.5) is 0 Å². The van der Waals surface area contributed by atoms with Gasteiger partial charge in [0.2, 0.25) is 0 Å². The van der Waals surface area contributed by atoms with Crippen LogP contribution in [0.25, 0.3) is 0 Å². The fourth-order valence-corrected chi connectivity index (χ4v) is 3.25. The molecule has 1 unspecified atom stereocenters. The Morgan fingerprint density at radius 2 is 1.89 bits per heavy atom. The second kappa shape index (κ2) is 9.23. The Balaban J connectivity index is 4.13. The standard InChI is InChI=1S/C11H22O6Si/c1-5-11(13)17-10(9-12)7-6-8-18(14-2,15-3)16-4/h5,10,12H,1,6-9H2,2-4H3. The first-order valence-electron chi connectivity index (χ1n) is 5.66. The highest BCUT2D eigenvalue weighted by molar-refractivity contribution is 6.60. The summed E-state index contributed by atoms with van der Waals surface area (Å²) in [4.78, 5) is 11.0. The number of ether oxygens (including phenoxy) is 1. The van der Waals surface area contributed by atoms with Crippen LogP contribution >= 0.6 is 0 Å². The predicted molar refractivity (Wildman–Crippen MR) is 68.0 cm³/mol. The molecule has 6 nitrogen and oxygen atoms in total. The van der Waals surface area contributed by atoms with Crippen LogP contribution in [0.1, 0.15) is 12.8 Å². The normalized spacial score (nSPS) is 13.1. The molecule has 0 saturated heterocycles. The first-order chi connectivity index (χ1) is 8.57. The van der Waals surface area contributed by atoms with Gasteiger partial charge in [-0.2, -0.15) is 0 Å². The number of hydrogen-bond acceptors (Lipinski definition) is 6. The van der Waals surface area contributed by atoms with E-state index in [9.17, 15) is 4.79 Å². The van der Waals surface area contributed by atoms with Crippen molar-refractivity contribution in [2.45, 2.75) is 25.0 Å². The maximum absolute atomic E-state index is 11.0. The highest BCUT2D eigenvalue weighted by Gasteiger charge is 2.37. The first-order valence-corrected chi connectivity index (χ1v) is 7.60. The van der Waals surface area contributed by atoms with Gasteiger partial charge >= 0.3 is 14.8 Å². The van der Waals surface area contributed by atoms with Gasteiger partial charge in [-0.15, -0.1) is 0 Å². The molecule has 1 atom stereocenters. The highest BCUT2D eigenvalue weighted by Crippen LogP contribution is 2.18. The Hall–Kier alpha value is -0.733. The van der Waals surface area contributed by atoms with Crippen LogP contribution < -0.4 is 0 Å². The summed E-state index contributed by atoms with van der Waals surface area (Å²) in [5.74, 6) is -0.539. The molecule has 7 heteroatoms. The smallest absolute Gasteiger partial charge is 0.457 e. The third kappa shape index (κ3) is 5.74. The zero-order chi connectivity index (χ0) is 14.0. The van der Waals surface area contributed by atoms with Crippen LogP contribution in [0.2, 0.25) is 6.04 Å². The third-order valence-electron chi connectivity index (χ3n) is 2.60. The Labute approximate surface area is 109 Å². The minimum absolute atomic E-state index is 0.221. The Kier molecular flexibility index (Phi) is 8.85. The molecule has 1 N–H and O–H groups in total. The summed E-state index contributed by atoms with van der Waals surface area (Å²) in [6.45, 7) is 3.08. The van der Waals surface area contributed by atoms with E-state index < -0.39 is 20.9 Å². The van der Waals surface area contributed by atoms with Crippen LogP contribution in [-0.2, 0) is 22.8 Å². The lowest BCUT2D eigenvalue weighted by atomic mass is 10.2. The molecule has 0 aromatic rings. The topological polar surface area (TPSA) is 74.2 Å². The number of esters is 1. The number of hydrogen-bond donors (Lipinski definition) is 1. The van der Waals surface area contributed by atoms with Crippen molar-refractivity contribution in [1.82, 2.24) is 0 Å². The Morgan fingerprint density at radius 3 is 2.28 bits per heavy atom. The van der Waals surface area contributed by atoms with Crippen molar-refractivity contribution < 1.29 is 27.9 Å². The number of carbonyl (C=O) groups excluding carboxylic acids is 1. The lowest BCUT2D eigenvalue weighted by Crippen LogP contribution is -2.42. The molecule has 0 aromatic heterocycles. The van der Waals surface area contributed by atoms with Gasteiger partial charge in [0.1, 0.15) is 6.10 Å². The van der Waals surface area contributed by atoms with Crippen LogP contribution in [-0.4, -0.2) is 53.9 Å². The summed E-state index contributed by atoms with van der Waals surface area (Å²) >= 11 is 0. The van der Waals surface area contributed by atoms with Gasteiger partial charge in [-0.25, -0.2) is 4.79 Å². The Morgan fingerprint density at radius 1 is 1.33 bits per heavy atom. The largest absolute Gasteiger partial charge is 0.500 e. The van der Waals surface area contributed by atoms with E-state index in [1.54, 1.807) is 21.3 Å². The molecule has 0 aromatic carbocycles. The highest BCUT2D eigenvalue weighted by atomic mass is 28.4. The summed E-state index contributed by atoms with van der Waals surface area (Å²) in [6.07, 6.45) is 1.72. The monoisotopic (exact) mass is 278 g/mol. The van der Waals surface area contributed by atoms with Crippen molar-refractivity contribution in [3.8, 4) is 0 Å². The van der Waals surface area contributed by atoms with Crippen molar-refractivity contribution in [2.24, 2.45) is 0 Å². The van der Waals surface area contributed by atoms with Gasteiger partial charge in [-0.3, -0.25) is 0 Å².